The number of nitrogen functional groups attached to an aromatic ring is 1. The lowest BCUT2D eigenvalue weighted by molar-refractivity contribution is 0.104. The zero-order valence-corrected chi connectivity index (χ0v) is 9.43. The Kier molecular flexibility index (Phi) is 1.82. The Morgan fingerprint density at radius 2 is 2.06 bits per heavy atom. The minimum Gasteiger partial charge on any atom is -0.496 e. The summed E-state index contributed by atoms with van der Waals surface area (Å²) in [7, 11) is 1.60. The smallest absolute Gasteiger partial charge is 0.197 e. The number of benzene rings is 1. The molecule has 0 bridgehead atoms. The van der Waals surface area contributed by atoms with Crippen molar-refractivity contribution in [1.29, 1.82) is 0 Å². The lowest BCUT2D eigenvalue weighted by atomic mass is 10.1. The lowest BCUT2D eigenvalue weighted by Crippen LogP contribution is -1.97. The molecular formula is C12H9NO2S. The summed E-state index contributed by atoms with van der Waals surface area (Å²) in [5.74, 6) is 0.727. The maximum Gasteiger partial charge on any atom is 0.197 e. The van der Waals surface area contributed by atoms with E-state index in [9.17, 15) is 4.79 Å². The predicted octanol–water partition coefficient (Wildman–Crippen LogP) is 2.55. The fourth-order valence-electron chi connectivity index (χ4n) is 2.09. The molecule has 1 aromatic heterocycles. The summed E-state index contributed by atoms with van der Waals surface area (Å²) in [4.78, 5) is 12.1. The number of nitrogens with two attached hydrogens (primary N) is 1. The third-order valence-electron chi connectivity index (χ3n) is 2.81. The van der Waals surface area contributed by atoms with E-state index < -0.39 is 0 Å². The highest BCUT2D eigenvalue weighted by molar-refractivity contribution is 7.15. The van der Waals surface area contributed by atoms with E-state index in [1.54, 1.807) is 7.11 Å². The monoisotopic (exact) mass is 231 g/mol. The molecule has 3 nitrogen and oxygen atoms in total. The fraction of sp³-hybridized carbons (Fsp3) is 0.0833. The first-order valence-electron chi connectivity index (χ1n) is 4.83. The average Bonchev–Trinajstić information content (AvgIpc) is 2.81. The molecule has 0 unspecified atom stereocenters. The number of methoxy groups -OCH3 is 1. The Hall–Kier alpha value is -1.81. The van der Waals surface area contributed by atoms with E-state index >= 15 is 0 Å². The van der Waals surface area contributed by atoms with Crippen LogP contribution in [-0.4, -0.2) is 12.9 Å². The number of carbonyl (C=O) groups excluding carboxylic acids is 1. The van der Waals surface area contributed by atoms with Crippen molar-refractivity contribution in [1.82, 2.24) is 0 Å². The lowest BCUT2D eigenvalue weighted by Gasteiger charge is -2.05. The normalized spacial score (nSPS) is 12.4. The number of hydrogen-bond acceptors (Lipinski definition) is 4. The SMILES string of the molecule is COc1cccc2c1-c1csc(N)c1C2=O. The molecule has 0 saturated heterocycles. The van der Waals surface area contributed by atoms with E-state index in [1.165, 1.54) is 11.3 Å². The standard InChI is InChI=1S/C12H9NO2S/c1-15-8-4-2-3-6-9(8)7-5-16-12(13)10(7)11(6)14/h2-5H,13H2,1H3. The maximum atomic E-state index is 12.1. The minimum atomic E-state index is 0.00245. The number of ether oxygens (including phenoxy) is 1. The summed E-state index contributed by atoms with van der Waals surface area (Å²) >= 11 is 1.39. The van der Waals surface area contributed by atoms with Crippen LogP contribution in [-0.2, 0) is 0 Å². The quantitative estimate of drug-likeness (QED) is 0.700. The first-order valence-corrected chi connectivity index (χ1v) is 5.71. The molecule has 0 amide bonds. The van der Waals surface area contributed by atoms with Crippen LogP contribution in [0.3, 0.4) is 0 Å². The predicted molar refractivity (Wildman–Crippen MR) is 64.2 cm³/mol. The summed E-state index contributed by atoms with van der Waals surface area (Å²) in [5.41, 5.74) is 8.90. The molecule has 1 aromatic carbocycles. The van der Waals surface area contributed by atoms with Gasteiger partial charge in [0, 0.05) is 22.1 Å². The van der Waals surface area contributed by atoms with Gasteiger partial charge in [0.05, 0.1) is 17.7 Å². The summed E-state index contributed by atoms with van der Waals surface area (Å²) in [6.45, 7) is 0. The molecule has 0 radical (unpaired) electrons. The Balaban J connectivity index is 2.39. The molecule has 1 aliphatic carbocycles. The van der Waals surface area contributed by atoms with Crippen molar-refractivity contribution in [3.63, 3.8) is 0 Å². The molecule has 2 N–H and O–H groups in total. The molecule has 0 spiro atoms. The van der Waals surface area contributed by atoms with Gasteiger partial charge < -0.3 is 10.5 Å². The van der Waals surface area contributed by atoms with Crippen LogP contribution < -0.4 is 10.5 Å². The Labute approximate surface area is 96.5 Å². The van der Waals surface area contributed by atoms with Crippen molar-refractivity contribution >= 4 is 22.1 Å². The second-order valence-corrected chi connectivity index (χ2v) is 4.51. The third kappa shape index (κ3) is 0.994. The highest BCUT2D eigenvalue weighted by atomic mass is 32.1. The van der Waals surface area contributed by atoms with Crippen molar-refractivity contribution in [2.24, 2.45) is 0 Å². The largest absolute Gasteiger partial charge is 0.496 e. The van der Waals surface area contributed by atoms with Gasteiger partial charge in [0.15, 0.2) is 5.78 Å². The first-order chi connectivity index (χ1) is 7.74. The van der Waals surface area contributed by atoms with Crippen molar-refractivity contribution in [2.45, 2.75) is 0 Å². The van der Waals surface area contributed by atoms with E-state index in [2.05, 4.69) is 0 Å². The Morgan fingerprint density at radius 1 is 1.25 bits per heavy atom. The number of anilines is 1. The van der Waals surface area contributed by atoms with Crippen molar-refractivity contribution in [3.05, 3.63) is 34.7 Å². The van der Waals surface area contributed by atoms with E-state index in [1.807, 2.05) is 23.6 Å². The second kappa shape index (κ2) is 3.09. The van der Waals surface area contributed by atoms with Crippen LogP contribution in [0.1, 0.15) is 15.9 Å². The number of rotatable bonds is 1. The van der Waals surface area contributed by atoms with Crippen LogP contribution in [0.4, 0.5) is 5.00 Å². The zero-order valence-electron chi connectivity index (χ0n) is 8.61. The maximum absolute atomic E-state index is 12.1. The number of carbonyl (C=O) groups is 1. The topological polar surface area (TPSA) is 52.3 Å². The van der Waals surface area contributed by atoms with E-state index in [0.29, 0.717) is 16.1 Å². The van der Waals surface area contributed by atoms with Crippen LogP contribution in [0.25, 0.3) is 11.1 Å². The number of fused-ring (bicyclic) bond motifs is 3. The Bertz CT molecular complexity index is 601. The molecule has 1 aliphatic rings. The zero-order chi connectivity index (χ0) is 11.3. The van der Waals surface area contributed by atoms with Crippen LogP contribution in [0, 0.1) is 0 Å². The fourth-order valence-corrected chi connectivity index (χ4v) is 2.90. The van der Waals surface area contributed by atoms with Gasteiger partial charge in [-0.1, -0.05) is 12.1 Å². The summed E-state index contributed by atoms with van der Waals surface area (Å²) in [5, 5.41) is 2.50. The van der Waals surface area contributed by atoms with Crippen LogP contribution in [0.2, 0.25) is 0 Å². The van der Waals surface area contributed by atoms with Gasteiger partial charge in [-0.25, -0.2) is 0 Å². The van der Waals surface area contributed by atoms with Crippen LogP contribution in [0.5, 0.6) is 5.75 Å². The van der Waals surface area contributed by atoms with Crippen molar-refractivity contribution < 1.29 is 9.53 Å². The van der Waals surface area contributed by atoms with Gasteiger partial charge in [0.25, 0.3) is 0 Å². The summed E-state index contributed by atoms with van der Waals surface area (Å²) in [6.07, 6.45) is 0. The number of ketones is 1. The number of thiophene rings is 1. The van der Waals surface area contributed by atoms with Gasteiger partial charge in [-0.05, 0) is 6.07 Å². The molecule has 0 aliphatic heterocycles. The van der Waals surface area contributed by atoms with Crippen molar-refractivity contribution in [3.8, 4) is 16.9 Å². The molecular weight excluding hydrogens is 222 g/mol. The highest BCUT2D eigenvalue weighted by Gasteiger charge is 2.32. The third-order valence-corrected chi connectivity index (χ3v) is 3.62. The van der Waals surface area contributed by atoms with Crippen LogP contribution in [0.15, 0.2) is 23.6 Å². The molecule has 0 atom stereocenters. The van der Waals surface area contributed by atoms with Gasteiger partial charge in [-0.2, -0.15) is 0 Å². The molecule has 3 rings (SSSR count). The van der Waals surface area contributed by atoms with Gasteiger partial charge in [0.2, 0.25) is 0 Å². The second-order valence-electron chi connectivity index (χ2n) is 3.60. The highest BCUT2D eigenvalue weighted by Crippen LogP contribution is 2.46. The molecule has 80 valence electrons. The van der Waals surface area contributed by atoms with E-state index in [4.69, 9.17) is 10.5 Å². The molecule has 4 heteroatoms. The van der Waals surface area contributed by atoms with Gasteiger partial charge >= 0.3 is 0 Å². The molecule has 2 aromatic rings. The Morgan fingerprint density at radius 3 is 2.81 bits per heavy atom. The van der Waals surface area contributed by atoms with Gasteiger partial charge in [-0.15, -0.1) is 11.3 Å². The van der Waals surface area contributed by atoms with E-state index in [0.717, 1.165) is 16.9 Å². The average molecular weight is 231 g/mol. The minimum absolute atomic E-state index is 0.00245. The molecule has 1 heterocycles. The summed E-state index contributed by atoms with van der Waals surface area (Å²) in [6, 6.07) is 5.49. The summed E-state index contributed by atoms with van der Waals surface area (Å²) < 4.78 is 5.28. The van der Waals surface area contributed by atoms with Gasteiger partial charge in [-0.3, -0.25) is 4.79 Å². The number of hydrogen-bond donors (Lipinski definition) is 1. The van der Waals surface area contributed by atoms with Gasteiger partial charge in [0.1, 0.15) is 5.75 Å². The molecule has 0 saturated carbocycles. The van der Waals surface area contributed by atoms with E-state index in [-0.39, 0.29) is 5.78 Å². The molecule has 0 fully saturated rings. The molecule has 16 heavy (non-hydrogen) atoms. The first kappa shape index (κ1) is 9.42. The van der Waals surface area contributed by atoms with Crippen molar-refractivity contribution in [2.75, 3.05) is 12.8 Å². The van der Waals surface area contributed by atoms with Crippen LogP contribution >= 0.6 is 11.3 Å².